The maximum Gasteiger partial charge on any atom is -0.0213 e. The van der Waals surface area contributed by atoms with Gasteiger partial charge in [-0.3, -0.25) is 0 Å². The van der Waals surface area contributed by atoms with Gasteiger partial charge < -0.3 is 0 Å². The predicted molar refractivity (Wildman–Crippen MR) is 253 cm³/mol. The van der Waals surface area contributed by atoms with Crippen molar-refractivity contribution in [2.75, 3.05) is 0 Å². The summed E-state index contributed by atoms with van der Waals surface area (Å²) < 4.78 is 0. The van der Waals surface area contributed by atoms with Crippen molar-refractivity contribution >= 4 is 0 Å². The molecule has 0 spiro atoms. The molecule has 0 heteroatoms. The molecule has 55 heavy (non-hydrogen) atoms. The van der Waals surface area contributed by atoms with Crippen molar-refractivity contribution in [2.24, 2.45) is 46.3 Å². The van der Waals surface area contributed by atoms with Crippen LogP contribution in [-0.4, -0.2) is 0 Å². The molecule has 1 aliphatic rings. The summed E-state index contributed by atoms with van der Waals surface area (Å²) in [6.07, 6.45) is 55.3. The lowest BCUT2D eigenvalue weighted by Crippen LogP contribution is -2.42. The minimum atomic E-state index is 0.621. The van der Waals surface area contributed by atoms with Gasteiger partial charge in [-0.25, -0.2) is 0 Å². The average Bonchev–Trinajstić information content (AvgIpc) is 3.40. The Morgan fingerprint density at radius 2 is 0.564 bits per heavy atom. The fourth-order valence-electron chi connectivity index (χ4n) is 11.4. The summed E-state index contributed by atoms with van der Waals surface area (Å²) in [5.41, 5.74) is 1.25. The van der Waals surface area contributed by atoms with Crippen LogP contribution in [0.25, 0.3) is 0 Å². The zero-order valence-corrected chi connectivity index (χ0v) is 40.6. The van der Waals surface area contributed by atoms with Crippen LogP contribution in [-0.2, 0) is 0 Å². The molecular formula is C55H110. The van der Waals surface area contributed by atoms with Gasteiger partial charge in [0.15, 0.2) is 0 Å². The zero-order chi connectivity index (χ0) is 40.6. The lowest BCUT2D eigenvalue weighted by molar-refractivity contribution is -0.0153. The van der Waals surface area contributed by atoms with Crippen LogP contribution in [0.2, 0.25) is 0 Å². The van der Waals surface area contributed by atoms with Crippen LogP contribution < -0.4 is 0 Å². The van der Waals surface area contributed by atoms with E-state index in [4.69, 9.17) is 0 Å². The van der Waals surface area contributed by atoms with E-state index in [-0.39, 0.29) is 0 Å². The molecule has 0 aromatic carbocycles. The minimum absolute atomic E-state index is 0.621. The van der Waals surface area contributed by atoms with Gasteiger partial charge >= 0.3 is 0 Å². The van der Waals surface area contributed by atoms with Crippen LogP contribution in [0.4, 0.5) is 0 Å². The molecule has 1 fully saturated rings. The normalized spacial score (nSPS) is 17.0. The highest BCUT2D eigenvalue weighted by Crippen LogP contribution is 2.67. The van der Waals surface area contributed by atoms with Gasteiger partial charge in [-0.2, -0.15) is 0 Å². The van der Waals surface area contributed by atoms with Crippen LogP contribution in [0.5, 0.6) is 0 Å². The first kappa shape index (κ1) is 53.0. The lowest BCUT2D eigenvalue weighted by atomic mass is 9.53. The second-order valence-corrected chi connectivity index (χ2v) is 22.2. The van der Waals surface area contributed by atoms with Crippen LogP contribution in [0.15, 0.2) is 0 Å². The minimum Gasteiger partial charge on any atom is -0.0628 e. The Hall–Kier alpha value is 0. The largest absolute Gasteiger partial charge is 0.0628 e. The molecule has 1 atom stereocenters. The van der Waals surface area contributed by atoms with E-state index in [1.165, 1.54) is 193 Å². The Balaban J connectivity index is 3.24. The highest BCUT2D eigenvalue weighted by atomic mass is 14.6. The molecule has 0 saturated heterocycles. The van der Waals surface area contributed by atoms with E-state index in [9.17, 15) is 0 Å². The van der Waals surface area contributed by atoms with Crippen molar-refractivity contribution in [3.63, 3.8) is 0 Å². The topological polar surface area (TPSA) is 0 Å². The molecule has 0 aromatic heterocycles. The summed E-state index contributed by atoms with van der Waals surface area (Å²) >= 11 is 0. The van der Waals surface area contributed by atoms with Crippen LogP contribution >= 0.6 is 0 Å². The maximum atomic E-state index is 2.41. The summed E-state index contributed by atoms with van der Waals surface area (Å²) in [4.78, 5) is 0. The zero-order valence-electron chi connectivity index (χ0n) is 40.6. The van der Waals surface area contributed by atoms with Gasteiger partial charge in [0.05, 0.1) is 0 Å². The van der Waals surface area contributed by atoms with Crippen molar-refractivity contribution < 1.29 is 0 Å². The second kappa shape index (κ2) is 33.8. The molecule has 0 heterocycles. The third-order valence-electron chi connectivity index (χ3n) is 14.8. The summed E-state index contributed by atoms with van der Waals surface area (Å²) in [5, 5.41) is 0. The van der Waals surface area contributed by atoms with Crippen molar-refractivity contribution in [3.8, 4) is 0 Å². The summed E-state index contributed by atoms with van der Waals surface area (Å²) in [7, 11) is 0. The first-order chi connectivity index (χ1) is 26.4. The van der Waals surface area contributed by atoms with E-state index in [2.05, 4.69) is 69.2 Å². The fraction of sp³-hybridized carbons (Fsp3) is 1.00. The molecule has 0 nitrogen and oxygen atoms in total. The number of hydrogen-bond donors (Lipinski definition) is 0. The maximum absolute atomic E-state index is 2.41. The highest BCUT2D eigenvalue weighted by Gasteiger charge is 2.57. The Morgan fingerprint density at radius 3 is 0.873 bits per heavy atom. The fourth-order valence-corrected chi connectivity index (χ4v) is 11.4. The van der Waals surface area contributed by atoms with Crippen molar-refractivity contribution in [1.29, 1.82) is 0 Å². The summed E-state index contributed by atoms with van der Waals surface area (Å²) in [6.45, 7) is 24.1. The van der Waals surface area contributed by atoms with Gasteiger partial charge in [-0.1, -0.05) is 262 Å². The molecule has 1 saturated carbocycles. The summed E-state index contributed by atoms with van der Waals surface area (Å²) in [6, 6.07) is 0. The molecule has 0 N–H and O–H groups in total. The monoisotopic (exact) mass is 771 g/mol. The molecule has 330 valence electrons. The molecular weight excluding hydrogens is 661 g/mol. The van der Waals surface area contributed by atoms with E-state index in [1.807, 2.05) is 0 Å². The van der Waals surface area contributed by atoms with Gasteiger partial charge in [0, 0.05) is 0 Å². The first-order valence-corrected chi connectivity index (χ1v) is 26.4. The third-order valence-corrected chi connectivity index (χ3v) is 14.8. The Bertz CT molecular complexity index is 755. The molecule has 0 radical (unpaired) electrons. The Labute approximate surface area is 351 Å². The number of hydrogen-bond acceptors (Lipinski definition) is 0. The Morgan fingerprint density at radius 1 is 0.309 bits per heavy atom. The molecule has 1 rings (SSSR count). The van der Waals surface area contributed by atoms with Crippen molar-refractivity contribution in [3.05, 3.63) is 0 Å². The van der Waals surface area contributed by atoms with E-state index < -0.39 is 0 Å². The van der Waals surface area contributed by atoms with Crippen LogP contribution in [0, 0.1) is 46.3 Å². The summed E-state index contributed by atoms with van der Waals surface area (Å²) in [5.74, 6) is 5.35. The van der Waals surface area contributed by atoms with Crippen molar-refractivity contribution in [2.45, 2.75) is 307 Å². The molecule has 1 aliphatic carbocycles. The van der Waals surface area contributed by atoms with Gasteiger partial charge in [0.1, 0.15) is 0 Å². The SMILES string of the molecule is CC(C)CCCCCCCC1CCC(CCCCCCCC(C)C)(CCCCCCCC(C)C)C1(CCCCCCCC(C)C)CCCCCCCC(C)C. The molecule has 0 amide bonds. The van der Waals surface area contributed by atoms with E-state index in [1.54, 1.807) is 44.9 Å². The van der Waals surface area contributed by atoms with Gasteiger partial charge in [-0.15, -0.1) is 0 Å². The molecule has 0 aliphatic heterocycles. The van der Waals surface area contributed by atoms with E-state index in [0.29, 0.717) is 10.8 Å². The average molecular weight is 771 g/mol. The number of unbranched alkanes of at least 4 members (excludes halogenated alkanes) is 20. The first-order valence-electron chi connectivity index (χ1n) is 26.4. The van der Waals surface area contributed by atoms with Gasteiger partial charge in [0.25, 0.3) is 0 Å². The van der Waals surface area contributed by atoms with E-state index in [0.717, 1.165) is 35.5 Å². The van der Waals surface area contributed by atoms with Crippen molar-refractivity contribution in [1.82, 2.24) is 0 Å². The smallest absolute Gasteiger partial charge is 0.0213 e. The number of rotatable bonds is 40. The van der Waals surface area contributed by atoms with Crippen LogP contribution in [0.1, 0.15) is 307 Å². The highest BCUT2D eigenvalue weighted by molar-refractivity contribution is 5.06. The lowest BCUT2D eigenvalue weighted by Gasteiger charge is -2.51. The molecule has 0 aromatic rings. The Kier molecular flexibility index (Phi) is 32.6. The van der Waals surface area contributed by atoms with Gasteiger partial charge in [-0.05, 0) is 91.3 Å². The van der Waals surface area contributed by atoms with Gasteiger partial charge in [0.2, 0.25) is 0 Å². The molecule has 0 bridgehead atoms. The standard InChI is InChI=1S/C55H110/c1-48(2)36-26-16-11-21-31-41-53-42-47-54(43-32-22-12-17-27-37-49(3)4,44-33-23-13-18-28-38-50(5)6)55(53,45-34-24-14-19-29-39-51(7)8)46-35-25-15-20-30-40-52(9)10/h48-53H,11-47H2,1-10H3. The van der Waals surface area contributed by atoms with Crippen LogP contribution in [0.3, 0.4) is 0 Å². The molecule has 1 unspecified atom stereocenters. The van der Waals surface area contributed by atoms with E-state index >= 15 is 0 Å². The quantitative estimate of drug-likeness (QED) is 0.0545. The third kappa shape index (κ3) is 26.0. The second-order valence-electron chi connectivity index (χ2n) is 22.2. The predicted octanol–water partition coefficient (Wildman–Crippen LogP) is 20.3.